The maximum Gasteiger partial charge on any atom is 0.0627 e. The zero-order valence-corrected chi connectivity index (χ0v) is 9.05. The molecule has 78 valence electrons. The average molecular weight is 186 g/mol. The molecule has 0 bridgehead atoms. The predicted octanol–water partition coefficient (Wildman–Crippen LogP) is 2.50. The molecule has 1 aliphatic rings. The highest BCUT2D eigenvalue weighted by Crippen LogP contribution is 2.26. The fraction of sp³-hybridized carbons (Fsp3) is 1.00. The third kappa shape index (κ3) is 3.65. The van der Waals surface area contributed by atoms with Gasteiger partial charge >= 0.3 is 0 Å². The molecule has 0 aromatic rings. The van der Waals surface area contributed by atoms with E-state index in [9.17, 15) is 5.11 Å². The third-order valence-corrected chi connectivity index (χ3v) is 2.98. The topological polar surface area (TPSA) is 29.5 Å². The van der Waals surface area contributed by atoms with Gasteiger partial charge in [0.1, 0.15) is 0 Å². The second-order valence-corrected chi connectivity index (χ2v) is 4.66. The second-order valence-electron chi connectivity index (χ2n) is 4.66. The summed E-state index contributed by atoms with van der Waals surface area (Å²) in [7, 11) is 0. The zero-order valence-electron chi connectivity index (χ0n) is 9.05. The Kier molecular flexibility index (Phi) is 3.74. The fourth-order valence-corrected chi connectivity index (χ4v) is 1.70. The van der Waals surface area contributed by atoms with Gasteiger partial charge in [-0.25, -0.2) is 0 Å². The van der Waals surface area contributed by atoms with Crippen molar-refractivity contribution in [3.63, 3.8) is 0 Å². The van der Waals surface area contributed by atoms with E-state index < -0.39 is 0 Å². The first-order chi connectivity index (χ1) is 6.03. The fourth-order valence-electron chi connectivity index (χ4n) is 1.70. The third-order valence-electron chi connectivity index (χ3n) is 2.98. The van der Waals surface area contributed by atoms with E-state index in [0.717, 1.165) is 32.1 Å². The minimum absolute atomic E-state index is 0.00690. The van der Waals surface area contributed by atoms with Crippen LogP contribution in [0, 0.1) is 0 Å². The zero-order chi connectivity index (χ0) is 9.90. The van der Waals surface area contributed by atoms with Crippen LogP contribution in [0.4, 0.5) is 0 Å². The smallest absolute Gasteiger partial charge is 0.0627 e. The van der Waals surface area contributed by atoms with Crippen LogP contribution in [0.5, 0.6) is 0 Å². The number of hydrogen-bond donors (Lipinski definition) is 1. The minimum Gasteiger partial charge on any atom is -0.393 e. The van der Waals surface area contributed by atoms with E-state index in [4.69, 9.17) is 4.74 Å². The first-order valence-electron chi connectivity index (χ1n) is 5.39. The molecule has 1 aliphatic carbocycles. The molecule has 0 unspecified atom stereocenters. The second kappa shape index (κ2) is 4.43. The Labute approximate surface area is 81.3 Å². The van der Waals surface area contributed by atoms with E-state index in [1.54, 1.807) is 0 Å². The van der Waals surface area contributed by atoms with Gasteiger partial charge in [-0.1, -0.05) is 6.92 Å². The molecule has 0 radical (unpaired) electrons. The summed E-state index contributed by atoms with van der Waals surface area (Å²) in [5, 5.41) is 9.33. The highest BCUT2D eigenvalue weighted by molar-refractivity contribution is 4.76. The van der Waals surface area contributed by atoms with E-state index in [1.807, 2.05) is 0 Å². The number of ether oxygens (including phenoxy) is 1. The number of hydrogen-bond acceptors (Lipinski definition) is 2. The summed E-state index contributed by atoms with van der Waals surface area (Å²) in [6, 6.07) is 0. The van der Waals surface area contributed by atoms with Crippen molar-refractivity contribution in [1.29, 1.82) is 0 Å². The summed E-state index contributed by atoms with van der Waals surface area (Å²) >= 11 is 0. The molecular weight excluding hydrogens is 164 g/mol. The molecule has 0 amide bonds. The summed E-state index contributed by atoms with van der Waals surface area (Å²) < 4.78 is 5.97. The first kappa shape index (κ1) is 11.0. The Morgan fingerprint density at radius 2 is 1.77 bits per heavy atom. The van der Waals surface area contributed by atoms with Gasteiger partial charge in [-0.2, -0.15) is 0 Å². The van der Waals surface area contributed by atoms with Gasteiger partial charge in [0.25, 0.3) is 0 Å². The van der Waals surface area contributed by atoms with Gasteiger partial charge in [0.2, 0.25) is 0 Å². The lowest BCUT2D eigenvalue weighted by molar-refractivity contribution is -0.0964. The molecule has 0 aromatic heterocycles. The van der Waals surface area contributed by atoms with Crippen molar-refractivity contribution in [1.82, 2.24) is 0 Å². The summed E-state index contributed by atoms with van der Waals surface area (Å²) in [5.41, 5.74) is 0.00690. The van der Waals surface area contributed by atoms with Crippen LogP contribution in [0.1, 0.15) is 52.9 Å². The lowest BCUT2D eigenvalue weighted by Crippen LogP contribution is -2.33. The lowest BCUT2D eigenvalue weighted by Gasteiger charge is -2.33. The Balaban J connectivity index is 2.30. The van der Waals surface area contributed by atoms with Crippen LogP contribution in [-0.4, -0.2) is 22.9 Å². The van der Waals surface area contributed by atoms with Gasteiger partial charge in [-0.05, 0) is 46.0 Å². The molecule has 0 saturated heterocycles. The standard InChI is InChI=1S/C11H22O2/c1-4-11(2,3)13-10-7-5-9(12)6-8-10/h9-10,12H,4-8H2,1-3H3. The largest absolute Gasteiger partial charge is 0.393 e. The molecule has 1 saturated carbocycles. The highest BCUT2D eigenvalue weighted by Gasteiger charge is 2.25. The molecule has 0 heterocycles. The number of rotatable bonds is 3. The Hall–Kier alpha value is -0.0800. The molecule has 0 aliphatic heterocycles. The molecule has 2 heteroatoms. The van der Waals surface area contributed by atoms with Gasteiger partial charge in [0.15, 0.2) is 0 Å². The first-order valence-corrected chi connectivity index (χ1v) is 5.39. The van der Waals surface area contributed by atoms with E-state index in [0.29, 0.717) is 6.10 Å². The van der Waals surface area contributed by atoms with Gasteiger partial charge in [-0.15, -0.1) is 0 Å². The summed E-state index contributed by atoms with van der Waals surface area (Å²) in [6.07, 6.45) is 5.19. The molecule has 1 N–H and O–H groups in total. The van der Waals surface area contributed by atoms with Crippen molar-refractivity contribution in [2.75, 3.05) is 0 Å². The molecule has 1 rings (SSSR count). The van der Waals surface area contributed by atoms with Crippen molar-refractivity contribution in [3.8, 4) is 0 Å². The van der Waals surface area contributed by atoms with Crippen molar-refractivity contribution in [2.45, 2.75) is 70.7 Å². The molecular formula is C11H22O2. The van der Waals surface area contributed by atoms with E-state index in [2.05, 4.69) is 20.8 Å². The minimum atomic E-state index is -0.0791. The van der Waals surface area contributed by atoms with E-state index >= 15 is 0 Å². The normalized spacial score (nSPS) is 30.5. The van der Waals surface area contributed by atoms with Crippen molar-refractivity contribution >= 4 is 0 Å². The molecule has 1 fully saturated rings. The number of aliphatic hydroxyl groups is 1. The van der Waals surface area contributed by atoms with Crippen LogP contribution in [-0.2, 0) is 4.74 Å². The van der Waals surface area contributed by atoms with Crippen LogP contribution < -0.4 is 0 Å². The van der Waals surface area contributed by atoms with Gasteiger partial charge in [-0.3, -0.25) is 0 Å². The Morgan fingerprint density at radius 1 is 1.23 bits per heavy atom. The molecule has 0 aromatic carbocycles. The lowest BCUT2D eigenvalue weighted by atomic mass is 9.94. The van der Waals surface area contributed by atoms with Crippen LogP contribution >= 0.6 is 0 Å². The van der Waals surface area contributed by atoms with Crippen molar-refractivity contribution < 1.29 is 9.84 Å². The Bertz CT molecular complexity index is 146. The quantitative estimate of drug-likeness (QED) is 0.733. The average Bonchev–Trinajstić information content (AvgIpc) is 2.09. The highest BCUT2D eigenvalue weighted by atomic mass is 16.5. The van der Waals surface area contributed by atoms with Crippen molar-refractivity contribution in [2.24, 2.45) is 0 Å². The predicted molar refractivity (Wildman–Crippen MR) is 53.7 cm³/mol. The van der Waals surface area contributed by atoms with Gasteiger partial charge in [0.05, 0.1) is 17.8 Å². The molecule has 0 spiro atoms. The summed E-state index contributed by atoms with van der Waals surface area (Å²) in [5.74, 6) is 0. The summed E-state index contributed by atoms with van der Waals surface area (Å²) in [6.45, 7) is 6.42. The maximum atomic E-state index is 9.33. The van der Waals surface area contributed by atoms with Crippen LogP contribution in [0.2, 0.25) is 0 Å². The van der Waals surface area contributed by atoms with E-state index in [-0.39, 0.29) is 11.7 Å². The SMILES string of the molecule is CCC(C)(C)OC1CCC(O)CC1. The van der Waals surface area contributed by atoms with Crippen LogP contribution in [0.25, 0.3) is 0 Å². The van der Waals surface area contributed by atoms with Crippen molar-refractivity contribution in [3.05, 3.63) is 0 Å². The summed E-state index contributed by atoms with van der Waals surface area (Å²) in [4.78, 5) is 0. The Morgan fingerprint density at radius 3 is 2.23 bits per heavy atom. The molecule has 0 atom stereocenters. The van der Waals surface area contributed by atoms with Gasteiger partial charge in [0, 0.05) is 0 Å². The number of aliphatic hydroxyl groups excluding tert-OH is 1. The molecule has 13 heavy (non-hydrogen) atoms. The molecule has 2 nitrogen and oxygen atoms in total. The van der Waals surface area contributed by atoms with E-state index in [1.165, 1.54) is 0 Å². The van der Waals surface area contributed by atoms with Crippen LogP contribution in [0.15, 0.2) is 0 Å². The van der Waals surface area contributed by atoms with Crippen LogP contribution in [0.3, 0.4) is 0 Å². The maximum absolute atomic E-state index is 9.33. The van der Waals surface area contributed by atoms with Gasteiger partial charge < -0.3 is 9.84 Å². The monoisotopic (exact) mass is 186 g/mol.